The van der Waals surface area contributed by atoms with Crippen LogP contribution in [0.3, 0.4) is 0 Å². The first kappa shape index (κ1) is 14.6. The summed E-state index contributed by atoms with van der Waals surface area (Å²) in [6.07, 6.45) is 0. The van der Waals surface area contributed by atoms with E-state index < -0.39 is 0 Å². The number of carbonyl (C=O) groups excluding carboxylic acids is 1. The summed E-state index contributed by atoms with van der Waals surface area (Å²) >= 11 is 5.97. The second kappa shape index (κ2) is 5.96. The smallest absolute Gasteiger partial charge is 0.242 e. The van der Waals surface area contributed by atoms with Crippen molar-refractivity contribution in [2.24, 2.45) is 0 Å². The summed E-state index contributed by atoms with van der Waals surface area (Å²) in [6, 6.07) is 3.33. The molecule has 1 aromatic carbocycles. The van der Waals surface area contributed by atoms with Crippen LogP contribution in [-0.4, -0.2) is 18.0 Å². The summed E-state index contributed by atoms with van der Waals surface area (Å²) in [5.74, 6) is -0.0441. The number of nitrogen functional groups attached to an aromatic ring is 1. The predicted molar refractivity (Wildman–Crippen MR) is 77.0 cm³/mol. The molecule has 1 atom stereocenters. The number of nitrogens with one attached hydrogen (secondary N) is 2. The van der Waals surface area contributed by atoms with Crippen LogP contribution in [0.25, 0.3) is 0 Å². The second-order valence-corrected chi connectivity index (χ2v) is 5.13. The molecule has 1 unspecified atom stereocenters. The van der Waals surface area contributed by atoms with E-state index in [1.807, 2.05) is 20.8 Å². The Bertz CT molecular complexity index is 446. The zero-order valence-corrected chi connectivity index (χ0v) is 11.9. The average Bonchev–Trinajstić information content (AvgIpc) is 2.24. The first-order valence-electron chi connectivity index (χ1n) is 5.93. The van der Waals surface area contributed by atoms with Gasteiger partial charge in [-0.15, -0.1) is 0 Å². The van der Waals surface area contributed by atoms with Gasteiger partial charge in [-0.05, 0) is 45.4 Å². The molecule has 0 heterocycles. The van der Waals surface area contributed by atoms with Crippen LogP contribution >= 0.6 is 11.6 Å². The van der Waals surface area contributed by atoms with Crippen molar-refractivity contribution in [2.75, 3.05) is 11.1 Å². The van der Waals surface area contributed by atoms with Crippen molar-refractivity contribution < 1.29 is 4.79 Å². The second-order valence-electron chi connectivity index (χ2n) is 4.72. The lowest BCUT2D eigenvalue weighted by Crippen LogP contribution is -2.41. The van der Waals surface area contributed by atoms with E-state index in [0.717, 1.165) is 11.3 Å². The fourth-order valence-corrected chi connectivity index (χ4v) is 1.73. The predicted octanol–water partition coefficient (Wildman–Crippen LogP) is 2.56. The molecular weight excluding hydrogens is 250 g/mol. The van der Waals surface area contributed by atoms with E-state index in [4.69, 9.17) is 17.3 Å². The van der Waals surface area contributed by atoms with Crippen LogP contribution < -0.4 is 16.4 Å². The van der Waals surface area contributed by atoms with Crippen LogP contribution in [0.1, 0.15) is 26.3 Å². The Hall–Kier alpha value is -1.42. The maximum absolute atomic E-state index is 11.8. The third-order valence-corrected chi connectivity index (χ3v) is 2.87. The molecule has 0 aliphatic heterocycles. The summed E-state index contributed by atoms with van der Waals surface area (Å²) in [4.78, 5) is 11.8. The molecule has 0 aliphatic carbocycles. The Morgan fingerprint density at radius 1 is 1.33 bits per heavy atom. The number of amides is 1. The van der Waals surface area contributed by atoms with E-state index in [1.165, 1.54) is 0 Å². The lowest BCUT2D eigenvalue weighted by atomic mass is 10.1. The maximum Gasteiger partial charge on any atom is 0.242 e. The lowest BCUT2D eigenvalue weighted by molar-refractivity contribution is -0.122. The Labute approximate surface area is 113 Å². The fourth-order valence-electron chi connectivity index (χ4n) is 1.57. The third kappa shape index (κ3) is 3.81. The number of anilines is 2. The molecular formula is C13H20ClN3O. The number of nitrogens with two attached hydrogens (primary N) is 1. The Morgan fingerprint density at radius 2 is 1.94 bits per heavy atom. The molecule has 4 nitrogen and oxygen atoms in total. The number of hydrogen-bond acceptors (Lipinski definition) is 3. The van der Waals surface area contributed by atoms with E-state index in [2.05, 4.69) is 10.6 Å². The van der Waals surface area contributed by atoms with Crippen molar-refractivity contribution >= 4 is 28.9 Å². The molecule has 18 heavy (non-hydrogen) atoms. The quantitative estimate of drug-likeness (QED) is 0.736. The molecule has 0 radical (unpaired) electrons. The van der Waals surface area contributed by atoms with E-state index in [0.29, 0.717) is 10.7 Å². The normalized spacial score (nSPS) is 12.3. The highest BCUT2D eigenvalue weighted by Gasteiger charge is 2.14. The largest absolute Gasteiger partial charge is 0.398 e. The molecule has 4 N–H and O–H groups in total. The summed E-state index contributed by atoms with van der Waals surface area (Å²) in [6.45, 7) is 7.58. The van der Waals surface area contributed by atoms with Gasteiger partial charge in [0, 0.05) is 11.7 Å². The highest BCUT2D eigenvalue weighted by molar-refractivity contribution is 6.33. The number of hydrogen-bond donors (Lipinski definition) is 3. The summed E-state index contributed by atoms with van der Waals surface area (Å²) in [5, 5.41) is 6.47. The summed E-state index contributed by atoms with van der Waals surface area (Å²) in [5.41, 5.74) is 8.03. The molecule has 5 heteroatoms. The highest BCUT2D eigenvalue weighted by Crippen LogP contribution is 2.27. The number of carbonyl (C=O) groups is 1. The van der Waals surface area contributed by atoms with Gasteiger partial charge in [0.2, 0.25) is 5.91 Å². The van der Waals surface area contributed by atoms with Gasteiger partial charge in [-0.25, -0.2) is 0 Å². The first-order valence-corrected chi connectivity index (χ1v) is 6.31. The summed E-state index contributed by atoms with van der Waals surface area (Å²) in [7, 11) is 0. The molecule has 0 fully saturated rings. The van der Waals surface area contributed by atoms with Crippen molar-refractivity contribution in [3.63, 3.8) is 0 Å². The zero-order valence-electron chi connectivity index (χ0n) is 11.2. The first-order chi connectivity index (χ1) is 8.31. The van der Waals surface area contributed by atoms with Gasteiger partial charge in [0.1, 0.15) is 6.04 Å². The van der Waals surface area contributed by atoms with Crippen LogP contribution in [0.4, 0.5) is 11.4 Å². The molecule has 0 aliphatic rings. The number of halogens is 1. The van der Waals surface area contributed by atoms with E-state index in [9.17, 15) is 4.79 Å². The maximum atomic E-state index is 11.8. The fraction of sp³-hybridized carbons (Fsp3) is 0.462. The van der Waals surface area contributed by atoms with Crippen LogP contribution in [0.5, 0.6) is 0 Å². The van der Waals surface area contributed by atoms with Gasteiger partial charge in [-0.3, -0.25) is 4.79 Å². The number of rotatable bonds is 4. The number of benzene rings is 1. The van der Waals surface area contributed by atoms with Crippen molar-refractivity contribution in [3.05, 3.63) is 22.7 Å². The minimum atomic E-state index is -0.328. The minimum absolute atomic E-state index is 0.0441. The van der Waals surface area contributed by atoms with E-state index in [1.54, 1.807) is 19.1 Å². The number of aryl methyl sites for hydroxylation is 1. The molecule has 0 spiro atoms. The van der Waals surface area contributed by atoms with Crippen molar-refractivity contribution in [3.8, 4) is 0 Å². The van der Waals surface area contributed by atoms with Crippen LogP contribution in [0, 0.1) is 6.92 Å². The minimum Gasteiger partial charge on any atom is -0.398 e. The lowest BCUT2D eigenvalue weighted by Gasteiger charge is -2.19. The van der Waals surface area contributed by atoms with Gasteiger partial charge < -0.3 is 16.4 Å². The molecule has 0 aromatic heterocycles. The Kier molecular flexibility index (Phi) is 4.84. The molecule has 1 rings (SSSR count). The van der Waals surface area contributed by atoms with Gasteiger partial charge in [-0.1, -0.05) is 11.6 Å². The molecule has 100 valence electrons. The molecule has 0 bridgehead atoms. The van der Waals surface area contributed by atoms with Crippen molar-refractivity contribution in [1.82, 2.24) is 5.32 Å². The van der Waals surface area contributed by atoms with Crippen LogP contribution in [0.15, 0.2) is 12.1 Å². The van der Waals surface area contributed by atoms with Crippen molar-refractivity contribution in [1.29, 1.82) is 0 Å². The Morgan fingerprint density at radius 3 is 2.50 bits per heavy atom. The van der Waals surface area contributed by atoms with Crippen LogP contribution in [-0.2, 0) is 4.79 Å². The van der Waals surface area contributed by atoms with Crippen molar-refractivity contribution in [2.45, 2.75) is 39.8 Å². The van der Waals surface area contributed by atoms with E-state index >= 15 is 0 Å². The Balaban J connectivity index is 2.79. The molecule has 1 aromatic rings. The highest BCUT2D eigenvalue weighted by atomic mass is 35.5. The zero-order chi connectivity index (χ0) is 13.9. The van der Waals surface area contributed by atoms with Crippen LogP contribution in [0.2, 0.25) is 5.02 Å². The van der Waals surface area contributed by atoms with Gasteiger partial charge in [0.25, 0.3) is 0 Å². The summed E-state index contributed by atoms with van der Waals surface area (Å²) < 4.78 is 0. The standard InChI is InChI=1S/C13H20ClN3O/c1-7(2)16-13(18)9(4)17-12-6-10(14)11(15)5-8(12)3/h5-7,9,17H,15H2,1-4H3,(H,16,18). The SMILES string of the molecule is Cc1cc(N)c(Cl)cc1NC(C)C(=O)NC(C)C. The molecule has 1 amide bonds. The third-order valence-electron chi connectivity index (χ3n) is 2.54. The molecule has 0 saturated heterocycles. The van der Waals surface area contributed by atoms with Gasteiger partial charge in [0.15, 0.2) is 0 Å². The average molecular weight is 270 g/mol. The molecule has 0 saturated carbocycles. The topological polar surface area (TPSA) is 67.1 Å². The monoisotopic (exact) mass is 269 g/mol. The van der Waals surface area contributed by atoms with Gasteiger partial charge in [-0.2, -0.15) is 0 Å². The van der Waals surface area contributed by atoms with Gasteiger partial charge >= 0.3 is 0 Å². The van der Waals surface area contributed by atoms with E-state index in [-0.39, 0.29) is 18.0 Å². The van der Waals surface area contributed by atoms with Gasteiger partial charge in [0.05, 0.1) is 10.7 Å².